The highest BCUT2D eigenvalue weighted by molar-refractivity contribution is 7.91. The predicted molar refractivity (Wildman–Crippen MR) is 177 cm³/mol. The van der Waals surface area contributed by atoms with E-state index in [-0.39, 0.29) is 26.0 Å². The molecule has 1 aromatic rings. The molecular formula is C34H43N5O9S. The Morgan fingerprint density at radius 3 is 2.63 bits per heavy atom. The standard InChI is InChI=1S/C34H43N5O9S/c1-4-23-16-34(23,31(42)37-49(45,46)25-12-13-25)36-29(40)27-15-24-18-39(27)30(41)28(20(2)3)35-32(43)47-14-7-5-6-9-21-10-8-11-22-17-38(19-26(21)22)33(44)48-24/h4,6,8-11,20,23-25,27-28H,1,5,7,12-19H2,2-3H3,(H,35,43)(H,36,40)(H,37,42)/b9-6+/t23-,24+,27-,28-,34+/m0/s1. The maximum atomic E-state index is 14.1. The molecule has 5 aliphatic rings. The molecule has 0 aromatic heterocycles. The number of cyclic esters (lactones) is 1. The molecule has 49 heavy (non-hydrogen) atoms. The number of fused-ring (bicyclic) bond motifs is 3. The number of rotatable bonds is 7. The van der Waals surface area contributed by atoms with E-state index in [9.17, 15) is 32.4 Å². The van der Waals surface area contributed by atoms with Gasteiger partial charge in [0.2, 0.25) is 21.8 Å². The zero-order valence-electron chi connectivity index (χ0n) is 27.7. The average Bonchev–Trinajstić information content (AvgIpc) is 3.95. The van der Waals surface area contributed by atoms with Crippen molar-refractivity contribution in [1.82, 2.24) is 25.2 Å². The maximum absolute atomic E-state index is 14.1. The molecule has 0 radical (unpaired) electrons. The Labute approximate surface area is 285 Å². The summed E-state index contributed by atoms with van der Waals surface area (Å²) in [5.74, 6) is -3.11. The van der Waals surface area contributed by atoms with Crippen LogP contribution in [-0.4, -0.2) is 90.3 Å². The third kappa shape index (κ3) is 7.17. The molecule has 6 rings (SSSR count). The van der Waals surface area contributed by atoms with Crippen molar-refractivity contribution in [2.24, 2.45) is 11.8 Å². The number of alkyl carbamates (subject to hydrolysis) is 1. The number of sulfonamides is 1. The lowest BCUT2D eigenvalue weighted by atomic mass is 10.0. The fourth-order valence-electron chi connectivity index (χ4n) is 6.78. The predicted octanol–water partition coefficient (Wildman–Crippen LogP) is 2.34. The summed E-state index contributed by atoms with van der Waals surface area (Å²) in [4.78, 5) is 70.6. The van der Waals surface area contributed by atoms with E-state index in [1.54, 1.807) is 18.7 Å². The summed E-state index contributed by atoms with van der Waals surface area (Å²) in [7, 11) is -3.90. The fourth-order valence-corrected chi connectivity index (χ4v) is 8.15. The number of amides is 5. The summed E-state index contributed by atoms with van der Waals surface area (Å²) in [5.41, 5.74) is 1.39. The van der Waals surface area contributed by atoms with E-state index >= 15 is 0 Å². The van der Waals surface area contributed by atoms with Crippen LogP contribution in [0.2, 0.25) is 0 Å². The van der Waals surface area contributed by atoms with Gasteiger partial charge in [-0.3, -0.25) is 24.0 Å². The van der Waals surface area contributed by atoms with Crippen LogP contribution in [0, 0.1) is 11.8 Å². The summed E-state index contributed by atoms with van der Waals surface area (Å²) >= 11 is 0. The first kappa shape index (κ1) is 34.5. The Balaban J connectivity index is 1.26. The van der Waals surface area contributed by atoms with Crippen molar-refractivity contribution in [3.05, 3.63) is 53.6 Å². The summed E-state index contributed by atoms with van der Waals surface area (Å²) in [6, 6.07) is 3.58. The second-order valence-electron chi connectivity index (χ2n) is 13.8. The van der Waals surface area contributed by atoms with Gasteiger partial charge in [0.1, 0.15) is 23.7 Å². The first-order valence-corrected chi connectivity index (χ1v) is 18.3. The fraction of sp³-hybridized carbons (Fsp3) is 0.559. The number of carbonyl (C=O) groups is 5. The van der Waals surface area contributed by atoms with Crippen LogP contribution in [0.25, 0.3) is 6.08 Å². The molecule has 3 fully saturated rings. The van der Waals surface area contributed by atoms with Crippen molar-refractivity contribution in [3.8, 4) is 0 Å². The molecule has 3 heterocycles. The third-order valence-electron chi connectivity index (χ3n) is 9.89. The number of hydrogen-bond acceptors (Lipinski definition) is 9. The smallest absolute Gasteiger partial charge is 0.410 e. The van der Waals surface area contributed by atoms with E-state index in [2.05, 4.69) is 21.9 Å². The molecule has 1 aromatic carbocycles. The molecule has 1 saturated heterocycles. The second-order valence-corrected chi connectivity index (χ2v) is 15.8. The topological polar surface area (TPSA) is 181 Å². The van der Waals surface area contributed by atoms with Gasteiger partial charge in [0.05, 0.1) is 24.9 Å². The van der Waals surface area contributed by atoms with Gasteiger partial charge in [0, 0.05) is 18.9 Å². The monoisotopic (exact) mass is 697 g/mol. The van der Waals surface area contributed by atoms with Crippen molar-refractivity contribution >= 4 is 46.0 Å². The van der Waals surface area contributed by atoms with Crippen LogP contribution in [0.4, 0.5) is 9.59 Å². The molecule has 3 N–H and O–H groups in total. The van der Waals surface area contributed by atoms with Crippen LogP contribution < -0.4 is 15.4 Å². The van der Waals surface area contributed by atoms with E-state index in [0.29, 0.717) is 38.8 Å². The van der Waals surface area contributed by atoms with Crippen LogP contribution in [0.3, 0.4) is 0 Å². The minimum atomic E-state index is -3.90. The van der Waals surface area contributed by atoms with Gasteiger partial charge in [-0.1, -0.05) is 50.3 Å². The van der Waals surface area contributed by atoms with Crippen molar-refractivity contribution in [2.45, 2.75) is 94.4 Å². The van der Waals surface area contributed by atoms with Crippen molar-refractivity contribution < 1.29 is 41.9 Å². The highest BCUT2D eigenvalue weighted by Gasteiger charge is 2.62. The largest absolute Gasteiger partial charge is 0.450 e. The molecular weight excluding hydrogens is 654 g/mol. The van der Waals surface area contributed by atoms with Gasteiger partial charge in [-0.15, -0.1) is 6.58 Å². The van der Waals surface area contributed by atoms with Crippen LogP contribution in [0.5, 0.6) is 0 Å². The zero-order chi connectivity index (χ0) is 35.1. The molecule has 2 saturated carbocycles. The van der Waals surface area contributed by atoms with Crippen LogP contribution >= 0.6 is 0 Å². The number of carbonyl (C=O) groups excluding carboxylic acids is 5. The number of allylic oxidation sites excluding steroid dienone is 1. The first-order valence-electron chi connectivity index (χ1n) is 16.8. The minimum absolute atomic E-state index is 0.0792. The van der Waals surface area contributed by atoms with E-state index < -0.39 is 80.7 Å². The molecule has 5 amide bonds. The summed E-state index contributed by atoms with van der Waals surface area (Å²) in [6.45, 7) is 7.87. The minimum Gasteiger partial charge on any atom is -0.450 e. The molecule has 14 nitrogen and oxygen atoms in total. The second kappa shape index (κ2) is 13.5. The molecule has 0 spiro atoms. The normalized spacial score (nSPS) is 29.5. The summed E-state index contributed by atoms with van der Waals surface area (Å²) in [6.07, 6.45) is 5.33. The molecule has 3 aliphatic heterocycles. The van der Waals surface area contributed by atoms with E-state index in [1.807, 2.05) is 30.4 Å². The van der Waals surface area contributed by atoms with Crippen LogP contribution in [0.15, 0.2) is 36.9 Å². The number of ether oxygens (including phenoxy) is 2. The van der Waals surface area contributed by atoms with Crippen molar-refractivity contribution in [1.29, 1.82) is 0 Å². The average molecular weight is 698 g/mol. The van der Waals surface area contributed by atoms with Gasteiger partial charge >= 0.3 is 12.2 Å². The Hall–Kier alpha value is -4.40. The Morgan fingerprint density at radius 1 is 1.16 bits per heavy atom. The Kier molecular flexibility index (Phi) is 9.48. The van der Waals surface area contributed by atoms with Crippen LogP contribution in [0.1, 0.15) is 69.1 Å². The molecule has 2 aliphatic carbocycles. The van der Waals surface area contributed by atoms with Gasteiger partial charge in [-0.05, 0) is 54.7 Å². The van der Waals surface area contributed by atoms with Gasteiger partial charge in [-0.25, -0.2) is 18.0 Å². The molecule has 0 unspecified atom stereocenters. The molecule has 15 heteroatoms. The van der Waals surface area contributed by atoms with E-state index in [4.69, 9.17) is 9.47 Å². The highest BCUT2D eigenvalue weighted by Crippen LogP contribution is 2.45. The number of benzene rings is 1. The van der Waals surface area contributed by atoms with Gasteiger partial charge in [0.25, 0.3) is 5.91 Å². The van der Waals surface area contributed by atoms with Gasteiger partial charge in [0.15, 0.2) is 0 Å². The third-order valence-corrected chi connectivity index (χ3v) is 11.7. The summed E-state index contributed by atoms with van der Waals surface area (Å²) < 4.78 is 38.6. The lowest BCUT2D eigenvalue weighted by Crippen LogP contribution is -2.59. The Morgan fingerprint density at radius 2 is 1.94 bits per heavy atom. The zero-order valence-corrected chi connectivity index (χ0v) is 28.5. The summed E-state index contributed by atoms with van der Waals surface area (Å²) in [5, 5.41) is 4.71. The number of hydrogen-bond donors (Lipinski definition) is 3. The molecule has 5 atom stereocenters. The van der Waals surface area contributed by atoms with Crippen molar-refractivity contribution in [3.63, 3.8) is 0 Å². The van der Waals surface area contributed by atoms with Gasteiger partial charge in [-0.2, -0.15) is 0 Å². The SMILES string of the molecule is C=C[C@H]1C[C@]1(NC(=O)[C@@H]1C[C@@H]2CN1C(=O)[C@H](C(C)C)NC(=O)OCCC/C=C/c1cccc3c1CN(C3)C(=O)O2)C(=O)NS(=O)(=O)C1CC1. The van der Waals surface area contributed by atoms with E-state index in [1.165, 1.54) is 11.0 Å². The Bertz CT molecular complexity index is 1690. The number of nitrogens with zero attached hydrogens (tertiary/aromatic N) is 2. The molecule has 264 valence electrons. The lowest BCUT2D eigenvalue weighted by Gasteiger charge is -2.31. The highest BCUT2D eigenvalue weighted by atomic mass is 32.2. The first-order chi connectivity index (χ1) is 23.3. The quantitative estimate of drug-likeness (QED) is 0.361. The maximum Gasteiger partial charge on any atom is 0.410 e. The lowest BCUT2D eigenvalue weighted by molar-refractivity contribution is -0.141. The van der Waals surface area contributed by atoms with Gasteiger partial charge < -0.3 is 25.0 Å². The van der Waals surface area contributed by atoms with Crippen LogP contribution in [-0.2, 0) is 47.0 Å². The number of nitrogens with one attached hydrogen (secondary N) is 3. The van der Waals surface area contributed by atoms with E-state index in [0.717, 1.165) is 16.7 Å². The molecule has 4 bridgehead atoms. The van der Waals surface area contributed by atoms with Crippen molar-refractivity contribution in [2.75, 3.05) is 13.2 Å².